The maximum atomic E-state index is 3.38. The summed E-state index contributed by atoms with van der Waals surface area (Å²) in [5.74, 6) is 0.630. The van der Waals surface area contributed by atoms with E-state index in [1.54, 1.807) is 11.1 Å². The third-order valence-electron chi connectivity index (χ3n) is 4.13. The van der Waals surface area contributed by atoms with Crippen LogP contribution in [0.4, 0.5) is 0 Å². The molecule has 4 aliphatic rings. The first-order valence-corrected chi connectivity index (χ1v) is 6.69. The molecule has 0 spiro atoms. The molecule has 0 bridgehead atoms. The highest BCUT2D eigenvalue weighted by Gasteiger charge is 2.28. The van der Waals surface area contributed by atoms with Crippen molar-refractivity contribution in [3.63, 3.8) is 0 Å². The molecule has 1 unspecified atom stereocenters. The lowest BCUT2D eigenvalue weighted by molar-refractivity contribution is 0.726. The Kier molecular flexibility index (Phi) is 2.18. The summed E-state index contributed by atoms with van der Waals surface area (Å²) >= 11 is 0. The van der Waals surface area contributed by atoms with E-state index in [-0.39, 0.29) is 0 Å². The number of hydrogen-bond acceptors (Lipinski definition) is 0. The summed E-state index contributed by atoms with van der Waals surface area (Å²) in [6.07, 6.45) is 21.3. The van der Waals surface area contributed by atoms with Gasteiger partial charge in [0.1, 0.15) is 0 Å². The van der Waals surface area contributed by atoms with Gasteiger partial charge in [-0.25, -0.2) is 0 Å². The highest BCUT2D eigenvalue weighted by molar-refractivity contribution is 5.55. The minimum Gasteiger partial charge on any atom is -0.117 e. The molecule has 4 rings (SSSR count). The van der Waals surface area contributed by atoms with Crippen LogP contribution in [0.1, 0.15) is 19.3 Å². The molecule has 1 atom stereocenters. The van der Waals surface area contributed by atoms with Gasteiger partial charge in [-0.05, 0) is 41.2 Å². The van der Waals surface area contributed by atoms with Crippen molar-refractivity contribution < 1.29 is 0 Å². The fourth-order valence-electron chi connectivity index (χ4n) is 2.95. The zero-order chi connectivity index (χ0) is 11.9. The minimum atomic E-state index is 0.630. The Hall–Kier alpha value is -1.78. The molecule has 18 heavy (non-hydrogen) atoms. The van der Waals surface area contributed by atoms with Gasteiger partial charge in [0.05, 0.1) is 0 Å². The molecule has 0 aromatic rings. The fourth-order valence-corrected chi connectivity index (χ4v) is 2.95. The van der Waals surface area contributed by atoms with Crippen LogP contribution in [-0.2, 0) is 0 Å². The normalized spacial score (nSPS) is 27.3. The second kappa shape index (κ2) is 3.86. The largest absolute Gasteiger partial charge is 0.117 e. The summed E-state index contributed by atoms with van der Waals surface area (Å²) in [7, 11) is 0. The smallest absolute Gasteiger partial charge is 0.00954 e. The maximum Gasteiger partial charge on any atom is 0.00954 e. The lowest BCUT2D eigenvalue weighted by atomic mass is 9.88. The minimum absolute atomic E-state index is 0.630. The topological polar surface area (TPSA) is 0 Å². The van der Waals surface area contributed by atoms with Crippen molar-refractivity contribution in [2.75, 3.05) is 0 Å². The van der Waals surface area contributed by atoms with Gasteiger partial charge < -0.3 is 0 Å². The quantitative estimate of drug-likeness (QED) is 0.632. The van der Waals surface area contributed by atoms with Crippen LogP contribution in [0.25, 0.3) is 0 Å². The molecular formula is C18H15. The predicted molar refractivity (Wildman–Crippen MR) is 74.7 cm³/mol. The summed E-state index contributed by atoms with van der Waals surface area (Å²) in [6.45, 7) is 0. The zero-order valence-electron chi connectivity index (χ0n) is 10.3. The van der Waals surface area contributed by atoms with Crippen molar-refractivity contribution in [2.45, 2.75) is 19.3 Å². The average Bonchev–Trinajstić information content (AvgIpc) is 3.11. The molecule has 0 saturated heterocycles. The zero-order valence-corrected chi connectivity index (χ0v) is 10.3. The van der Waals surface area contributed by atoms with Crippen LogP contribution in [0.3, 0.4) is 0 Å². The van der Waals surface area contributed by atoms with Crippen LogP contribution in [0.15, 0.2) is 76.1 Å². The SMILES string of the molecule is C1=CC=C(C2CCC3=C2C=C3)C=CC=1CC1=C[CH]1. The Morgan fingerprint density at radius 3 is 2.78 bits per heavy atom. The number of hydrogen-bond donors (Lipinski definition) is 0. The van der Waals surface area contributed by atoms with Crippen molar-refractivity contribution in [1.29, 1.82) is 0 Å². The fraction of sp³-hybridized carbons (Fsp3) is 0.222. The molecule has 0 fully saturated rings. The van der Waals surface area contributed by atoms with E-state index in [2.05, 4.69) is 54.7 Å². The van der Waals surface area contributed by atoms with Crippen LogP contribution in [0, 0.1) is 12.3 Å². The van der Waals surface area contributed by atoms with Crippen molar-refractivity contribution >= 4 is 0 Å². The molecule has 4 aliphatic carbocycles. The van der Waals surface area contributed by atoms with Gasteiger partial charge in [0.2, 0.25) is 0 Å². The standard InChI is InChI=1S/C18H15/c1-2-13(12-14-4-5-14)6-7-15(3-1)17-10-8-16-9-11-18(16)17/h1,3-7,9,11,17H,8,10,12H2. The summed E-state index contributed by atoms with van der Waals surface area (Å²) in [5.41, 5.74) is 10.7. The summed E-state index contributed by atoms with van der Waals surface area (Å²) in [5, 5.41) is 0. The molecule has 0 aliphatic heterocycles. The van der Waals surface area contributed by atoms with Crippen LogP contribution in [-0.4, -0.2) is 0 Å². The second-order valence-electron chi connectivity index (χ2n) is 5.33. The Morgan fingerprint density at radius 2 is 2.06 bits per heavy atom. The van der Waals surface area contributed by atoms with Crippen LogP contribution in [0.5, 0.6) is 0 Å². The van der Waals surface area contributed by atoms with E-state index < -0.39 is 0 Å². The summed E-state index contributed by atoms with van der Waals surface area (Å²) in [4.78, 5) is 0. The van der Waals surface area contributed by atoms with E-state index in [1.165, 1.54) is 29.6 Å². The van der Waals surface area contributed by atoms with Gasteiger partial charge in [-0.3, -0.25) is 0 Å². The van der Waals surface area contributed by atoms with Crippen molar-refractivity contribution in [2.24, 2.45) is 5.92 Å². The first-order valence-electron chi connectivity index (χ1n) is 6.69. The predicted octanol–water partition coefficient (Wildman–Crippen LogP) is 4.37. The van der Waals surface area contributed by atoms with Gasteiger partial charge in [0, 0.05) is 18.8 Å². The maximum absolute atomic E-state index is 3.38. The van der Waals surface area contributed by atoms with E-state index in [1.807, 2.05) is 0 Å². The summed E-state index contributed by atoms with van der Waals surface area (Å²) < 4.78 is 0. The molecule has 0 aromatic heterocycles. The van der Waals surface area contributed by atoms with Crippen molar-refractivity contribution in [1.82, 2.24) is 0 Å². The Balaban J connectivity index is 1.54. The van der Waals surface area contributed by atoms with E-state index >= 15 is 0 Å². The van der Waals surface area contributed by atoms with Crippen LogP contribution >= 0.6 is 0 Å². The molecule has 0 heterocycles. The van der Waals surface area contributed by atoms with Crippen LogP contribution in [0.2, 0.25) is 0 Å². The molecule has 1 radical (unpaired) electrons. The van der Waals surface area contributed by atoms with Gasteiger partial charge in [0.25, 0.3) is 0 Å². The monoisotopic (exact) mass is 231 g/mol. The molecule has 0 saturated carbocycles. The van der Waals surface area contributed by atoms with E-state index in [0.717, 1.165) is 6.42 Å². The lowest BCUT2D eigenvalue weighted by Gasteiger charge is -2.17. The number of rotatable bonds is 3. The Morgan fingerprint density at radius 1 is 1.11 bits per heavy atom. The first kappa shape index (κ1) is 10.2. The van der Waals surface area contributed by atoms with Gasteiger partial charge >= 0.3 is 0 Å². The van der Waals surface area contributed by atoms with Crippen LogP contribution < -0.4 is 0 Å². The highest BCUT2D eigenvalue weighted by atomic mass is 14.3. The Labute approximate surface area is 108 Å². The molecule has 0 amide bonds. The lowest BCUT2D eigenvalue weighted by Crippen LogP contribution is -2.02. The molecule has 0 N–H and O–H groups in total. The molecule has 87 valence electrons. The molecule has 0 nitrogen and oxygen atoms in total. The van der Waals surface area contributed by atoms with E-state index in [9.17, 15) is 0 Å². The Bertz CT molecular complexity index is 623. The third-order valence-corrected chi connectivity index (χ3v) is 4.13. The van der Waals surface area contributed by atoms with Crippen molar-refractivity contribution in [3.8, 4) is 0 Å². The second-order valence-corrected chi connectivity index (χ2v) is 5.33. The van der Waals surface area contributed by atoms with E-state index in [0.29, 0.717) is 5.92 Å². The molecule has 0 heteroatoms. The first-order chi connectivity index (χ1) is 8.90. The van der Waals surface area contributed by atoms with Gasteiger partial charge in [-0.15, -0.1) is 5.73 Å². The van der Waals surface area contributed by atoms with Gasteiger partial charge in [-0.2, -0.15) is 0 Å². The molecule has 0 aromatic carbocycles. The van der Waals surface area contributed by atoms with Crippen molar-refractivity contribution in [3.05, 3.63) is 82.5 Å². The van der Waals surface area contributed by atoms with Gasteiger partial charge in [0.15, 0.2) is 0 Å². The van der Waals surface area contributed by atoms with E-state index in [4.69, 9.17) is 0 Å². The molecular weight excluding hydrogens is 216 g/mol. The average molecular weight is 231 g/mol. The third kappa shape index (κ3) is 1.70. The van der Waals surface area contributed by atoms with Gasteiger partial charge in [-0.1, -0.05) is 42.0 Å². The summed E-state index contributed by atoms with van der Waals surface area (Å²) in [6, 6.07) is 0. The number of allylic oxidation sites excluding steroid dienone is 11. The highest BCUT2D eigenvalue weighted by Crippen LogP contribution is 2.43.